The van der Waals surface area contributed by atoms with E-state index in [1.807, 2.05) is 6.92 Å². The molecule has 0 aliphatic carbocycles. The first-order chi connectivity index (χ1) is 13.0. The number of benzene rings is 2. The van der Waals surface area contributed by atoms with Gasteiger partial charge >= 0.3 is 6.18 Å². The molecule has 3 nitrogen and oxygen atoms in total. The Labute approximate surface area is 173 Å². The fraction of sp³-hybridized carbons (Fsp3) is 0.429. The van der Waals surface area contributed by atoms with Gasteiger partial charge in [0.05, 0.1) is 18.4 Å². The Bertz CT molecular complexity index is 760. The predicted octanol–water partition coefficient (Wildman–Crippen LogP) is 7.00. The molecule has 0 saturated heterocycles. The Kier molecular flexibility index (Phi) is 9.14. The highest BCUT2D eigenvalue weighted by Crippen LogP contribution is 2.46. The minimum absolute atomic E-state index is 0.133. The van der Waals surface area contributed by atoms with Crippen LogP contribution in [0.3, 0.4) is 0 Å². The van der Waals surface area contributed by atoms with Crippen molar-refractivity contribution in [1.29, 1.82) is 0 Å². The van der Waals surface area contributed by atoms with Gasteiger partial charge in [0.25, 0.3) is 0 Å². The topological polar surface area (TPSA) is 47.3 Å². The first-order valence-corrected chi connectivity index (χ1v) is 9.85. The number of anilines is 2. The second kappa shape index (κ2) is 10.6. The van der Waals surface area contributed by atoms with Crippen molar-refractivity contribution in [3.05, 3.63) is 51.5 Å². The summed E-state index contributed by atoms with van der Waals surface area (Å²) in [6.45, 7) is 8.96. The van der Waals surface area contributed by atoms with Gasteiger partial charge in [-0.15, -0.1) is 0 Å². The maximum atomic E-state index is 12.9. The van der Waals surface area contributed by atoms with Crippen molar-refractivity contribution in [2.75, 3.05) is 24.7 Å². The van der Waals surface area contributed by atoms with Crippen LogP contribution in [0.15, 0.2) is 34.8 Å². The van der Waals surface area contributed by atoms with Crippen LogP contribution in [0.1, 0.15) is 49.8 Å². The minimum atomic E-state index is -4.52. The molecule has 0 unspecified atom stereocenters. The molecule has 0 fully saturated rings. The molecule has 0 saturated carbocycles. The molecule has 7 heteroatoms. The molecule has 156 valence electrons. The van der Waals surface area contributed by atoms with E-state index in [1.54, 1.807) is 0 Å². The van der Waals surface area contributed by atoms with Gasteiger partial charge in [-0.1, -0.05) is 50.6 Å². The summed E-state index contributed by atoms with van der Waals surface area (Å²) in [5.41, 5.74) is 7.28. The summed E-state index contributed by atoms with van der Waals surface area (Å²) in [6, 6.07) is 9.97. The van der Waals surface area contributed by atoms with Crippen LogP contribution in [-0.4, -0.2) is 13.7 Å². The van der Waals surface area contributed by atoms with E-state index in [1.165, 1.54) is 24.3 Å². The zero-order valence-corrected chi connectivity index (χ0v) is 18.5. The highest BCUT2D eigenvalue weighted by molar-refractivity contribution is 9.10. The predicted molar refractivity (Wildman–Crippen MR) is 114 cm³/mol. The molecule has 2 aromatic carbocycles. The Hall–Kier alpha value is -1.89. The highest BCUT2D eigenvalue weighted by Gasteiger charge is 2.37. The molecule has 2 aromatic rings. The van der Waals surface area contributed by atoms with Crippen LogP contribution in [-0.2, 0) is 6.18 Å². The molecule has 0 atom stereocenters. The van der Waals surface area contributed by atoms with E-state index in [0.29, 0.717) is 12.5 Å². The Balaban J connectivity index is 0.000000330. The lowest BCUT2D eigenvalue weighted by atomic mass is 10.0. The number of ether oxygens (including phenoxy) is 1. The van der Waals surface area contributed by atoms with Gasteiger partial charge < -0.3 is 15.8 Å². The zero-order valence-electron chi connectivity index (χ0n) is 16.9. The fourth-order valence-electron chi connectivity index (χ4n) is 2.48. The smallest absolute Gasteiger partial charge is 0.419 e. The van der Waals surface area contributed by atoms with Crippen LogP contribution >= 0.6 is 15.9 Å². The highest BCUT2D eigenvalue weighted by atomic mass is 79.9. The maximum absolute atomic E-state index is 12.9. The molecule has 0 heterocycles. The number of hydrogen-bond acceptors (Lipinski definition) is 3. The fourth-order valence-corrected chi connectivity index (χ4v) is 3.12. The number of methoxy groups -OCH3 is 1. The molecule has 0 amide bonds. The third kappa shape index (κ3) is 6.62. The summed E-state index contributed by atoms with van der Waals surface area (Å²) >= 11 is 2.87. The molecular formula is C21H28BrF3N2O. The third-order valence-electron chi connectivity index (χ3n) is 4.08. The van der Waals surface area contributed by atoms with Gasteiger partial charge in [-0.3, -0.25) is 0 Å². The molecule has 0 aliphatic rings. The normalized spacial score (nSPS) is 11.1. The summed E-state index contributed by atoms with van der Waals surface area (Å²) in [6.07, 6.45) is -3.75. The van der Waals surface area contributed by atoms with E-state index in [2.05, 4.69) is 66.3 Å². The molecule has 0 bridgehead atoms. The van der Waals surface area contributed by atoms with Gasteiger partial charge in [0.15, 0.2) is 0 Å². The lowest BCUT2D eigenvalue weighted by Gasteiger charge is -2.19. The van der Waals surface area contributed by atoms with Crippen LogP contribution in [0.5, 0.6) is 5.75 Å². The van der Waals surface area contributed by atoms with Crippen molar-refractivity contribution in [3.8, 4) is 5.75 Å². The molecule has 2 rings (SSSR count). The van der Waals surface area contributed by atoms with Crippen LogP contribution in [0.2, 0.25) is 0 Å². The van der Waals surface area contributed by atoms with Gasteiger partial charge in [0.2, 0.25) is 0 Å². The average molecular weight is 461 g/mol. The molecular weight excluding hydrogens is 433 g/mol. The molecule has 0 aromatic heterocycles. The Morgan fingerprint density at radius 1 is 1.18 bits per heavy atom. The van der Waals surface area contributed by atoms with Gasteiger partial charge in [-0.2, -0.15) is 13.2 Å². The summed E-state index contributed by atoms with van der Waals surface area (Å²) < 4.78 is 43.5. The SMILES string of the molecule is CCCNc1c(OC)cc(Br)c(C(F)(F)F)c1N.Cc1ccc(C(C)C)cc1. The van der Waals surface area contributed by atoms with Crippen molar-refractivity contribution in [3.63, 3.8) is 0 Å². The Morgan fingerprint density at radius 2 is 1.75 bits per heavy atom. The largest absolute Gasteiger partial charge is 0.494 e. The van der Waals surface area contributed by atoms with E-state index in [4.69, 9.17) is 10.5 Å². The average Bonchev–Trinajstić information content (AvgIpc) is 2.60. The number of aryl methyl sites for hydroxylation is 1. The number of alkyl halides is 3. The van der Waals surface area contributed by atoms with Crippen LogP contribution in [0.25, 0.3) is 0 Å². The van der Waals surface area contributed by atoms with Crippen molar-refractivity contribution < 1.29 is 17.9 Å². The van der Waals surface area contributed by atoms with E-state index < -0.39 is 11.7 Å². The molecule has 0 spiro atoms. The number of nitrogen functional groups attached to an aromatic ring is 1. The first kappa shape index (κ1) is 24.1. The van der Waals surface area contributed by atoms with E-state index in [-0.39, 0.29) is 21.6 Å². The molecule has 0 aliphatic heterocycles. The van der Waals surface area contributed by atoms with Crippen molar-refractivity contribution in [2.24, 2.45) is 0 Å². The van der Waals surface area contributed by atoms with Gasteiger partial charge in [-0.25, -0.2) is 0 Å². The van der Waals surface area contributed by atoms with Gasteiger partial charge in [0, 0.05) is 11.0 Å². The standard InChI is InChI=1S/C11H14BrF3N2O.C10H14/c1-3-4-17-10-7(18-2)5-6(12)8(9(10)16)11(13,14)15;1-8(2)10-6-4-9(3)5-7-10/h5,17H,3-4,16H2,1-2H3;4-8H,1-3H3. The maximum Gasteiger partial charge on any atom is 0.419 e. The summed E-state index contributed by atoms with van der Waals surface area (Å²) in [7, 11) is 1.38. The lowest BCUT2D eigenvalue weighted by Crippen LogP contribution is -2.14. The monoisotopic (exact) mass is 460 g/mol. The van der Waals surface area contributed by atoms with Crippen LogP contribution in [0, 0.1) is 6.92 Å². The van der Waals surface area contributed by atoms with Crippen LogP contribution in [0.4, 0.5) is 24.5 Å². The number of nitrogens with two attached hydrogens (primary N) is 1. The Morgan fingerprint density at radius 3 is 2.18 bits per heavy atom. The van der Waals surface area contributed by atoms with Crippen LogP contribution < -0.4 is 15.8 Å². The number of rotatable bonds is 5. The number of nitrogens with one attached hydrogen (secondary N) is 1. The quantitative estimate of drug-likeness (QED) is 0.472. The first-order valence-electron chi connectivity index (χ1n) is 9.06. The summed E-state index contributed by atoms with van der Waals surface area (Å²) in [5, 5.41) is 2.85. The van der Waals surface area contributed by atoms with E-state index >= 15 is 0 Å². The zero-order chi connectivity index (χ0) is 21.5. The molecule has 28 heavy (non-hydrogen) atoms. The molecule has 0 radical (unpaired) electrons. The second-order valence-electron chi connectivity index (χ2n) is 6.71. The number of hydrogen-bond donors (Lipinski definition) is 2. The lowest BCUT2D eigenvalue weighted by molar-refractivity contribution is -0.137. The van der Waals surface area contributed by atoms with E-state index in [9.17, 15) is 13.2 Å². The van der Waals surface area contributed by atoms with Crippen molar-refractivity contribution in [1.82, 2.24) is 0 Å². The molecule has 3 N–H and O–H groups in total. The van der Waals surface area contributed by atoms with Crippen molar-refractivity contribution >= 4 is 27.3 Å². The third-order valence-corrected chi connectivity index (χ3v) is 4.71. The van der Waals surface area contributed by atoms with E-state index in [0.717, 1.165) is 6.42 Å². The summed E-state index contributed by atoms with van der Waals surface area (Å²) in [5.74, 6) is 0.932. The van der Waals surface area contributed by atoms with Gasteiger partial charge in [-0.05, 0) is 46.8 Å². The minimum Gasteiger partial charge on any atom is -0.494 e. The summed E-state index contributed by atoms with van der Waals surface area (Å²) in [4.78, 5) is 0. The van der Waals surface area contributed by atoms with Gasteiger partial charge in [0.1, 0.15) is 11.4 Å². The second-order valence-corrected chi connectivity index (χ2v) is 7.57. The van der Waals surface area contributed by atoms with Crippen molar-refractivity contribution in [2.45, 2.75) is 46.2 Å². The number of halogens is 4.